The normalized spacial score (nSPS) is 17.9. The molecule has 2 N–H and O–H groups in total. The summed E-state index contributed by atoms with van der Waals surface area (Å²) in [5.74, 6) is 0.124. The molecule has 4 heterocycles. The standard InChI is InChI=1S/C18H26FN5O3.C7H5N3O.C4H6O/c1-20-10-14-12-24(18(26)27-14)13-3-4-16(15(19)9-13)22-5-7-23(8-6-22)17(25)11-21-2;11-5-6-4-10-2-1-8-3-7(10)9-6;5-3-4-1-2-4/h3-4,9,14,20-21H,5-8,10-12H2,1-2H3;1-5H;3-4H,1-2H2. The Labute approximate surface area is 249 Å². The average Bonchev–Trinajstić information content (AvgIpc) is 3.66. The number of nitrogens with zero attached hydrogens (tertiary/aromatic N) is 6. The number of piperazine rings is 1. The summed E-state index contributed by atoms with van der Waals surface area (Å²) in [6.07, 6.45) is 9.97. The van der Waals surface area contributed by atoms with E-state index in [4.69, 9.17) is 4.74 Å². The van der Waals surface area contributed by atoms with Crippen LogP contribution < -0.4 is 20.4 Å². The third kappa shape index (κ3) is 8.55. The lowest BCUT2D eigenvalue weighted by atomic mass is 10.2. The summed E-state index contributed by atoms with van der Waals surface area (Å²) >= 11 is 0. The molecular formula is C29H37FN8O5. The molecule has 2 aromatic heterocycles. The van der Waals surface area contributed by atoms with E-state index in [0.717, 1.165) is 19.1 Å². The molecule has 0 spiro atoms. The number of imidazole rings is 1. The van der Waals surface area contributed by atoms with Gasteiger partial charge in [-0.25, -0.2) is 14.2 Å². The lowest BCUT2D eigenvalue weighted by Crippen LogP contribution is -2.50. The summed E-state index contributed by atoms with van der Waals surface area (Å²) in [7, 11) is 3.53. The second-order valence-electron chi connectivity index (χ2n) is 10.3. The third-order valence-corrected chi connectivity index (χ3v) is 7.07. The highest BCUT2D eigenvalue weighted by molar-refractivity contribution is 5.90. The molecule has 2 saturated heterocycles. The fourth-order valence-corrected chi connectivity index (χ4v) is 4.60. The Morgan fingerprint density at radius 2 is 1.91 bits per heavy atom. The number of anilines is 2. The quantitative estimate of drug-likeness (QED) is 0.366. The van der Waals surface area contributed by atoms with E-state index < -0.39 is 6.09 Å². The van der Waals surface area contributed by atoms with Crippen LogP contribution in [0.5, 0.6) is 0 Å². The van der Waals surface area contributed by atoms with Crippen LogP contribution in [0.1, 0.15) is 23.3 Å². The zero-order valence-corrected chi connectivity index (χ0v) is 24.3. The highest BCUT2D eigenvalue weighted by Gasteiger charge is 2.32. The van der Waals surface area contributed by atoms with Crippen LogP contribution >= 0.6 is 0 Å². The molecule has 0 radical (unpaired) electrons. The molecule has 3 aliphatic rings. The van der Waals surface area contributed by atoms with Gasteiger partial charge in [0, 0.05) is 57.2 Å². The van der Waals surface area contributed by atoms with Crippen molar-refractivity contribution >= 4 is 41.6 Å². The van der Waals surface area contributed by atoms with Crippen LogP contribution in [0.4, 0.5) is 20.6 Å². The van der Waals surface area contributed by atoms with Crippen molar-refractivity contribution in [2.45, 2.75) is 18.9 Å². The Balaban J connectivity index is 0.000000213. The van der Waals surface area contributed by atoms with E-state index >= 15 is 0 Å². The Morgan fingerprint density at radius 3 is 2.49 bits per heavy atom. The Bertz CT molecular complexity index is 1370. The minimum Gasteiger partial charge on any atom is -0.443 e. The van der Waals surface area contributed by atoms with Gasteiger partial charge in [0.1, 0.15) is 23.9 Å². The van der Waals surface area contributed by atoms with Crippen molar-refractivity contribution in [3.63, 3.8) is 0 Å². The van der Waals surface area contributed by atoms with Crippen LogP contribution in [0.3, 0.4) is 0 Å². The highest BCUT2D eigenvalue weighted by atomic mass is 19.1. The second-order valence-corrected chi connectivity index (χ2v) is 10.3. The fourth-order valence-electron chi connectivity index (χ4n) is 4.60. The molecule has 2 aliphatic heterocycles. The Hall–Kier alpha value is -4.43. The highest BCUT2D eigenvalue weighted by Crippen LogP contribution is 2.28. The lowest BCUT2D eigenvalue weighted by Gasteiger charge is -2.36. The number of aromatic nitrogens is 3. The Morgan fingerprint density at radius 1 is 1.14 bits per heavy atom. The van der Waals surface area contributed by atoms with Crippen molar-refractivity contribution in [2.24, 2.45) is 5.92 Å². The predicted octanol–water partition coefficient (Wildman–Crippen LogP) is 1.38. The molecule has 1 aliphatic carbocycles. The topological polar surface area (TPSA) is 141 Å². The van der Waals surface area contributed by atoms with Gasteiger partial charge < -0.3 is 34.4 Å². The molecule has 1 unspecified atom stereocenters. The molecule has 14 heteroatoms. The average molecular weight is 597 g/mol. The fraction of sp³-hybridized carbons (Fsp3) is 0.448. The summed E-state index contributed by atoms with van der Waals surface area (Å²) in [4.78, 5) is 56.8. The zero-order chi connectivity index (χ0) is 30.8. The van der Waals surface area contributed by atoms with Gasteiger partial charge >= 0.3 is 6.09 Å². The number of aldehydes is 2. The van der Waals surface area contributed by atoms with Gasteiger partial charge in [0.2, 0.25) is 5.91 Å². The number of carbonyl (C=O) groups is 4. The molecule has 1 atom stereocenters. The molecule has 2 amide bonds. The van der Waals surface area contributed by atoms with E-state index in [2.05, 4.69) is 20.6 Å². The molecule has 1 saturated carbocycles. The maximum atomic E-state index is 14.7. The van der Waals surface area contributed by atoms with Gasteiger partial charge in [-0.2, -0.15) is 0 Å². The maximum Gasteiger partial charge on any atom is 0.414 e. The number of fused-ring (bicyclic) bond motifs is 1. The van der Waals surface area contributed by atoms with Crippen molar-refractivity contribution in [1.82, 2.24) is 29.9 Å². The number of cyclic esters (lactones) is 1. The van der Waals surface area contributed by atoms with E-state index in [1.807, 2.05) is 4.90 Å². The number of likely N-dealkylation sites (N-methyl/N-ethyl adjacent to an activating group) is 2. The van der Waals surface area contributed by atoms with Gasteiger partial charge in [0.05, 0.1) is 30.7 Å². The molecule has 3 aromatic rings. The molecule has 1 aromatic carbocycles. The minimum absolute atomic E-state index is 0.0524. The van der Waals surface area contributed by atoms with E-state index in [1.165, 1.54) is 11.0 Å². The first-order valence-corrected chi connectivity index (χ1v) is 14.2. The molecular weight excluding hydrogens is 559 g/mol. The molecule has 13 nitrogen and oxygen atoms in total. The van der Waals surface area contributed by atoms with Gasteiger partial charge in [-0.1, -0.05) is 0 Å². The monoisotopic (exact) mass is 596 g/mol. The van der Waals surface area contributed by atoms with Gasteiger partial charge in [-0.3, -0.25) is 19.5 Å². The SMILES string of the molecule is CNCC(=O)N1CCN(c2ccc(N3CC(CNC)OC3=O)cc2F)CC1.O=CC1CC1.O=Cc1cn2ccncc2n1. The molecule has 43 heavy (non-hydrogen) atoms. The number of ether oxygens (including phenoxy) is 1. The van der Waals surface area contributed by atoms with Crippen LogP contribution in [-0.2, 0) is 14.3 Å². The number of hydrogen-bond acceptors (Lipinski definition) is 10. The van der Waals surface area contributed by atoms with Crippen molar-refractivity contribution in [2.75, 3.05) is 69.7 Å². The number of benzene rings is 1. The molecule has 230 valence electrons. The first-order valence-electron chi connectivity index (χ1n) is 14.2. The van der Waals surface area contributed by atoms with Gasteiger partial charge in [0.25, 0.3) is 0 Å². The number of carbonyl (C=O) groups excluding carboxylic acids is 4. The van der Waals surface area contributed by atoms with Crippen LogP contribution in [0.25, 0.3) is 5.65 Å². The molecule has 3 fully saturated rings. The van der Waals surface area contributed by atoms with Crippen molar-refractivity contribution in [3.8, 4) is 0 Å². The largest absolute Gasteiger partial charge is 0.443 e. The van der Waals surface area contributed by atoms with Crippen LogP contribution in [0, 0.1) is 11.7 Å². The lowest BCUT2D eigenvalue weighted by molar-refractivity contribution is -0.130. The van der Waals surface area contributed by atoms with Crippen LogP contribution in [0.15, 0.2) is 43.0 Å². The van der Waals surface area contributed by atoms with Gasteiger partial charge in [-0.05, 0) is 45.1 Å². The predicted molar refractivity (Wildman–Crippen MR) is 158 cm³/mol. The number of hydrogen-bond donors (Lipinski definition) is 2. The van der Waals surface area contributed by atoms with Crippen molar-refractivity contribution in [3.05, 3.63) is 54.5 Å². The minimum atomic E-state index is -0.459. The zero-order valence-electron chi connectivity index (χ0n) is 24.3. The number of nitrogens with one attached hydrogen (secondary N) is 2. The number of halogens is 1. The van der Waals surface area contributed by atoms with E-state index in [0.29, 0.717) is 80.7 Å². The molecule has 0 bridgehead atoms. The summed E-state index contributed by atoms with van der Waals surface area (Å²) in [5.41, 5.74) is 2.09. The van der Waals surface area contributed by atoms with E-state index in [-0.39, 0.29) is 17.8 Å². The van der Waals surface area contributed by atoms with Crippen LogP contribution in [-0.4, -0.2) is 110 Å². The summed E-state index contributed by atoms with van der Waals surface area (Å²) < 4.78 is 21.7. The summed E-state index contributed by atoms with van der Waals surface area (Å²) in [5, 5.41) is 5.82. The first kappa shape index (κ1) is 31.5. The maximum absolute atomic E-state index is 14.7. The van der Waals surface area contributed by atoms with E-state index in [9.17, 15) is 23.6 Å². The third-order valence-electron chi connectivity index (χ3n) is 7.07. The second kappa shape index (κ2) is 15.2. The van der Waals surface area contributed by atoms with Crippen LogP contribution in [0.2, 0.25) is 0 Å². The number of amides is 2. The van der Waals surface area contributed by atoms with Crippen molar-refractivity contribution < 1.29 is 28.3 Å². The van der Waals surface area contributed by atoms with E-state index in [1.54, 1.807) is 60.3 Å². The summed E-state index contributed by atoms with van der Waals surface area (Å²) in [6, 6.07) is 4.80. The summed E-state index contributed by atoms with van der Waals surface area (Å²) in [6.45, 7) is 3.52. The van der Waals surface area contributed by atoms with Gasteiger partial charge in [0.15, 0.2) is 11.9 Å². The van der Waals surface area contributed by atoms with Crippen molar-refractivity contribution in [1.29, 1.82) is 0 Å². The molecule has 6 rings (SSSR count). The number of rotatable bonds is 8. The van der Waals surface area contributed by atoms with Gasteiger partial charge in [-0.15, -0.1) is 0 Å². The Kier molecular flexibility index (Phi) is 11.1. The smallest absolute Gasteiger partial charge is 0.414 e. The first-order chi connectivity index (χ1) is 20.9.